The van der Waals surface area contributed by atoms with Crippen molar-refractivity contribution in [3.05, 3.63) is 29.8 Å². The van der Waals surface area contributed by atoms with Gasteiger partial charge in [0.1, 0.15) is 5.75 Å². The van der Waals surface area contributed by atoms with E-state index in [1.54, 1.807) is 13.8 Å². The van der Waals surface area contributed by atoms with Crippen LogP contribution in [0.4, 0.5) is 0 Å². The SMILES string of the molecule is CCOC(=O)CCC(=O)NC(=S)NNC(=O)COc1ccc(C(=O)OCC)cc1. The summed E-state index contributed by atoms with van der Waals surface area (Å²) in [6.07, 6.45) is -0.170. The minimum Gasteiger partial charge on any atom is -0.484 e. The van der Waals surface area contributed by atoms with Gasteiger partial charge in [0.2, 0.25) is 5.91 Å². The lowest BCUT2D eigenvalue weighted by atomic mass is 10.2. The van der Waals surface area contributed by atoms with Crippen molar-refractivity contribution < 1.29 is 33.4 Å². The third-order valence-electron chi connectivity index (χ3n) is 3.17. The minimum absolute atomic E-state index is 0.0720. The molecule has 0 unspecified atom stereocenters. The van der Waals surface area contributed by atoms with Crippen LogP contribution in [0.25, 0.3) is 0 Å². The quantitative estimate of drug-likeness (QED) is 0.296. The molecule has 0 aliphatic carbocycles. The molecule has 0 aliphatic heterocycles. The van der Waals surface area contributed by atoms with Crippen molar-refractivity contribution in [3.63, 3.8) is 0 Å². The molecule has 29 heavy (non-hydrogen) atoms. The monoisotopic (exact) mass is 425 g/mol. The summed E-state index contributed by atoms with van der Waals surface area (Å²) in [4.78, 5) is 46.1. The first-order valence-corrected chi connectivity index (χ1v) is 9.20. The Labute approximate surface area is 173 Å². The molecule has 2 amide bonds. The van der Waals surface area contributed by atoms with E-state index in [1.807, 2.05) is 0 Å². The van der Waals surface area contributed by atoms with Crippen LogP contribution in [0.1, 0.15) is 37.0 Å². The third kappa shape index (κ3) is 10.1. The van der Waals surface area contributed by atoms with Gasteiger partial charge in [0.05, 0.1) is 25.2 Å². The number of hydrogen-bond acceptors (Lipinski definition) is 8. The van der Waals surface area contributed by atoms with E-state index in [4.69, 9.17) is 26.4 Å². The first-order valence-electron chi connectivity index (χ1n) is 8.80. The van der Waals surface area contributed by atoms with E-state index in [9.17, 15) is 19.2 Å². The molecule has 10 nitrogen and oxygen atoms in total. The summed E-state index contributed by atoms with van der Waals surface area (Å²) in [7, 11) is 0. The molecular weight excluding hydrogens is 402 g/mol. The van der Waals surface area contributed by atoms with Crippen molar-refractivity contribution in [2.24, 2.45) is 0 Å². The van der Waals surface area contributed by atoms with E-state index < -0.39 is 23.8 Å². The highest BCUT2D eigenvalue weighted by molar-refractivity contribution is 7.80. The van der Waals surface area contributed by atoms with Crippen LogP contribution in [-0.2, 0) is 23.9 Å². The highest BCUT2D eigenvalue weighted by Crippen LogP contribution is 2.12. The molecule has 0 fully saturated rings. The van der Waals surface area contributed by atoms with E-state index in [0.29, 0.717) is 11.3 Å². The van der Waals surface area contributed by atoms with Gasteiger partial charge >= 0.3 is 11.9 Å². The standard InChI is InChI=1S/C18H23N3O7S/c1-3-26-16(24)10-9-14(22)19-18(29)21-20-15(23)11-28-13-7-5-12(6-8-13)17(25)27-4-2/h5-8H,3-4,9-11H2,1-2H3,(H,20,23)(H2,19,21,22,29). The van der Waals surface area contributed by atoms with Crippen molar-refractivity contribution in [2.75, 3.05) is 19.8 Å². The smallest absolute Gasteiger partial charge is 0.338 e. The minimum atomic E-state index is -0.553. The van der Waals surface area contributed by atoms with Gasteiger partial charge in [-0.15, -0.1) is 0 Å². The average Bonchev–Trinajstić information content (AvgIpc) is 2.70. The molecule has 1 aromatic rings. The summed E-state index contributed by atoms with van der Waals surface area (Å²) in [5.74, 6) is -1.60. The predicted octanol–water partition coefficient (Wildman–Crippen LogP) is 0.607. The van der Waals surface area contributed by atoms with Crippen LogP contribution in [0, 0.1) is 0 Å². The lowest BCUT2D eigenvalue weighted by Gasteiger charge is -2.11. The van der Waals surface area contributed by atoms with Crippen molar-refractivity contribution in [2.45, 2.75) is 26.7 Å². The second-order valence-electron chi connectivity index (χ2n) is 5.39. The maximum absolute atomic E-state index is 11.7. The fraction of sp³-hybridized carbons (Fsp3) is 0.389. The largest absolute Gasteiger partial charge is 0.484 e. The van der Waals surface area contributed by atoms with Crippen LogP contribution in [-0.4, -0.2) is 48.7 Å². The number of rotatable bonds is 9. The lowest BCUT2D eigenvalue weighted by Crippen LogP contribution is -2.49. The molecule has 0 saturated carbocycles. The molecule has 0 atom stereocenters. The van der Waals surface area contributed by atoms with Gasteiger partial charge in [-0.3, -0.25) is 25.2 Å². The maximum Gasteiger partial charge on any atom is 0.338 e. The molecule has 0 bridgehead atoms. The van der Waals surface area contributed by atoms with Gasteiger partial charge in [0.15, 0.2) is 11.7 Å². The zero-order chi connectivity index (χ0) is 21.6. The first-order chi connectivity index (χ1) is 13.8. The van der Waals surface area contributed by atoms with Crippen LogP contribution >= 0.6 is 12.2 Å². The van der Waals surface area contributed by atoms with E-state index in [1.165, 1.54) is 24.3 Å². The van der Waals surface area contributed by atoms with Gasteiger partial charge in [-0.25, -0.2) is 4.79 Å². The molecule has 3 N–H and O–H groups in total. The van der Waals surface area contributed by atoms with Gasteiger partial charge in [-0.1, -0.05) is 0 Å². The topological polar surface area (TPSA) is 132 Å². The number of amides is 2. The zero-order valence-corrected chi connectivity index (χ0v) is 16.9. The highest BCUT2D eigenvalue weighted by atomic mass is 32.1. The van der Waals surface area contributed by atoms with Crippen molar-refractivity contribution in [1.29, 1.82) is 0 Å². The number of ether oxygens (including phenoxy) is 3. The van der Waals surface area contributed by atoms with Crippen molar-refractivity contribution in [1.82, 2.24) is 16.2 Å². The van der Waals surface area contributed by atoms with Gasteiger partial charge < -0.3 is 19.5 Å². The number of esters is 2. The summed E-state index contributed by atoms with van der Waals surface area (Å²) in [6.45, 7) is 3.57. The summed E-state index contributed by atoms with van der Waals surface area (Å²) in [5.41, 5.74) is 4.97. The van der Waals surface area contributed by atoms with Crippen LogP contribution < -0.4 is 20.9 Å². The Morgan fingerprint density at radius 1 is 0.897 bits per heavy atom. The van der Waals surface area contributed by atoms with E-state index in [0.717, 1.165) is 0 Å². The molecule has 0 spiro atoms. The van der Waals surface area contributed by atoms with Gasteiger partial charge in [-0.05, 0) is 50.3 Å². The lowest BCUT2D eigenvalue weighted by molar-refractivity contribution is -0.144. The Balaban J connectivity index is 2.27. The number of hydrazine groups is 1. The number of nitrogens with one attached hydrogen (secondary N) is 3. The van der Waals surface area contributed by atoms with Crippen LogP contribution in [0.5, 0.6) is 5.75 Å². The Morgan fingerprint density at radius 3 is 2.17 bits per heavy atom. The number of thiocarbonyl (C=S) groups is 1. The molecular formula is C18H23N3O7S. The molecule has 0 aliphatic rings. The molecule has 1 rings (SSSR count). The molecule has 0 radical (unpaired) electrons. The van der Waals surface area contributed by atoms with Crippen LogP contribution in [0.15, 0.2) is 24.3 Å². The number of carbonyl (C=O) groups is 4. The number of benzene rings is 1. The number of carbonyl (C=O) groups excluding carboxylic acids is 4. The first kappa shape index (κ1) is 23.8. The van der Waals surface area contributed by atoms with E-state index >= 15 is 0 Å². The summed E-state index contributed by atoms with van der Waals surface area (Å²) >= 11 is 4.86. The predicted molar refractivity (Wildman–Crippen MR) is 106 cm³/mol. The fourth-order valence-electron chi connectivity index (χ4n) is 1.88. The van der Waals surface area contributed by atoms with E-state index in [-0.39, 0.29) is 37.8 Å². The summed E-state index contributed by atoms with van der Waals surface area (Å²) < 4.78 is 14.9. The molecule has 11 heteroatoms. The van der Waals surface area contributed by atoms with Gasteiger partial charge in [-0.2, -0.15) is 0 Å². The van der Waals surface area contributed by atoms with Gasteiger partial charge in [0, 0.05) is 6.42 Å². The normalized spacial score (nSPS) is 9.72. The third-order valence-corrected chi connectivity index (χ3v) is 3.37. The Hall–Kier alpha value is -3.21. The highest BCUT2D eigenvalue weighted by Gasteiger charge is 2.10. The van der Waals surface area contributed by atoms with Crippen LogP contribution in [0.3, 0.4) is 0 Å². The Morgan fingerprint density at radius 2 is 1.55 bits per heavy atom. The second-order valence-corrected chi connectivity index (χ2v) is 5.80. The van der Waals surface area contributed by atoms with E-state index in [2.05, 4.69) is 16.2 Å². The summed E-state index contributed by atoms with van der Waals surface area (Å²) in [6, 6.07) is 6.09. The maximum atomic E-state index is 11.7. The second kappa shape index (κ2) is 13.0. The molecule has 0 heterocycles. The zero-order valence-electron chi connectivity index (χ0n) is 16.1. The van der Waals surface area contributed by atoms with Crippen molar-refractivity contribution >= 4 is 41.1 Å². The van der Waals surface area contributed by atoms with Crippen LogP contribution in [0.2, 0.25) is 0 Å². The fourth-order valence-corrected chi connectivity index (χ4v) is 2.05. The molecule has 0 aromatic heterocycles. The number of hydrogen-bond donors (Lipinski definition) is 3. The molecule has 1 aromatic carbocycles. The van der Waals surface area contributed by atoms with Crippen molar-refractivity contribution in [3.8, 4) is 5.75 Å². The Bertz CT molecular complexity index is 737. The summed E-state index contributed by atoms with van der Waals surface area (Å²) in [5, 5.41) is 2.17. The Kier molecular flexibility index (Phi) is 10.7. The molecule has 158 valence electrons. The van der Waals surface area contributed by atoms with Gasteiger partial charge in [0.25, 0.3) is 5.91 Å². The molecule has 0 saturated heterocycles. The average molecular weight is 425 g/mol.